The predicted octanol–water partition coefficient (Wildman–Crippen LogP) is 1.48. The molecule has 0 aromatic heterocycles. The van der Waals surface area contributed by atoms with E-state index in [9.17, 15) is 14.9 Å². The molecular weight excluding hydrogens is 240 g/mol. The number of nitro benzene ring substituents is 1. The first-order valence-corrected chi connectivity index (χ1v) is 5.35. The molecule has 0 heterocycles. The lowest BCUT2D eigenvalue weighted by atomic mass is 10.1. The number of aliphatic hydroxyl groups is 1. The summed E-state index contributed by atoms with van der Waals surface area (Å²) in [6.07, 6.45) is 0.499. The van der Waals surface area contributed by atoms with Crippen molar-refractivity contribution < 1.29 is 19.9 Å². The van der Waals surface area contributed by atoms with E-state index in [-0.39, 0.29) is 18.2 Å². The van der Waals surface area contributed by atoms with Crippen molar-refractivity contribution in [3.05, 3.63) is 33.9 Å². The SMILES string of the molecule is CC(CCO)Nc1ccc([N+](=O)[O-])c(C(=O)O)c1. The van der Waals surface area contributed by atoms with Crippen molar-refractivity contribution in [2.45, 2.75) is 19.4 Å². The maximum Gasteiger partial charge on any atom is 0.342 e. The van der Waals surface area contributed by atoms with E-state index >= 15 is 0 Å². The number of benzene rings is 1. The molecule has 0 radical (unpaired) electrons. The minimum atomic E-state index is -1.35. The Morgan fingerprint density at radius 2 is 2.22 bits per heavy atom. The fourth-order valence-electron chi connectivity index (χ4n) is 1.51. The third-order valence-corrected chi connectivity index (χ3v) is 2.40. The molecule has 0 fully saturated rings. The number of carboxylic acid groups (broad SMARTS) is 1. The summed E-state index contributed by atoms with van der Waals surface area (Å²) >= 11 is 0. The van der Waals surface area contributed by atoms with E-state index in [4.69, 9.17) is 10.2 Å². The summed E-state index contributed by atoms with van der Waals surface area (Å²) in [5, 5.41) is 31.3. The fraction of sp³-hybridized carbons (Fsp3) is 0.364. The van der Waals surface area contributed by atoms with Crippen LogP contribution < -0.4 is 5.32 Å². The largest absolute Gasteiger partial charge is 0.477 e. The van der Waals surface area contributed by atoms with Crippen molar-refractivity contribution in [3.63, 3.8) is 0 Å². The molecule has 1 rings (SSSR count). The Balaban J connectivity index is 3.00. The third kappa shape index (κ3) is 3.42. The van der Waals surface area contributed by atoms with E-state index in [0.29, 0.717) is 12.1 Å². The zero-order valence-corrected chi connectivity index (χ0v) is 9.79. The van der Waals surface area contributed by atoms with Gasteiger partial charge in [0.15, 0.2) is 0 Å². The van der Waals surface area contributed by atoms with Crippen molar-refractivity contribution in [1.82, 2.24) is 0 Å². The normalized spacial score (nSPS) is 11.9. The van der Waals surface area contributed by atoms with Gasteiger partial charge in [-0.1, -0.05) is 0 Å². The van der Waals surface area contributed by atoms with E-state index in [1.807, 2.05) is 6.92 Å². The molecule has 0 aliphatic carbocycles. The second-order valence-electron chi connectivity index (χ2n) is 3.85. The summed E-state index contributed by atoms with van der Waals surface area (Å²) in [6.45, 7) is 1.82. The van der Waals surface area contributed by atoms with Gasteiger partial charge in [0.25, 0.3) is 5.69 Å². The van der Waals surface area contributed by atoms with Crippen LogP contribution in [0.15, 0.2) is 18.2 Å². The second kappa shape index (κ2) is 5.97. The van der Waals surface area contributed by atoms with Gasteiger partial charge in [-0.25, -0.2) is 4.79 Å². The van der Waals surface area contributed by atoms with E-state index in [2.05, 4.69) is 5.32 Å². The number of aromatic carboxylic acids is 1. The van der Waals surface area contributed by atoms with Crippen LogP contribution in [0.1, 0.15) is 23.7 Å². The van der Waals surface area contributed by atoms with Crippen LogP contribution in [0.4, 0.5) is 11.4 Å². The van der Waals surface area contributed by atoms with Crippen LogP contribution in [0.5, 0.6) is 0 Å². The maximum absolute atomic E-state index is 10.9. The lowest BCUT2D eigenvalue weighted by Crippen LogP contribution is -2.17. The highest BCUT2D eigenvalue weighted by molar-refractivity contribution is 5.93. The molecule has 0 saturated carbocycles. The quantitative estimate of drug-likeness (QED) is 0.523. The zero-order valence-electron chi connectivity index (χ0n) is 9.79. The van der Waals surface area contributed by atoms with Gasteiger partial charge in [-0.2, -0.15) is 0 Å². The first kappa shape index (κ1) is 13.9. The van der Waals surface area contributed by atoms with Crippen molar-refractivity contribution in [2.24, 2.45) is 0 Å². The molecule has 1 aromatic rings. The Morgan fingerprint density at radius 3 is 2.72 bits per heavy atom. The van der Waals surface area contributed by atoms with Crippen molar-refractivity contribution in [3.8, 4) is 0 Å². The lowest BCUT2D eigenvalue weighted by molar-refractivity contribution is -0.385. The molecule has 1 atom stereocenters. The average Bonchev–Trinajstić information content (AvgIpc) is 2.28. The monoisotopic (exact) mass is 254 g/mol. The summed E-state index contributed by atoms with van der Waals surface area (Å²) in [6, 6.07) is 3.75. The van der Waals surface area contributed by atoms with Gasteiger partial charge in [0, 0.05) is 24.4 Å². The molecular formula is C11H14N2O5. The van der Waals surface area contributed by atoms with Crippen LogP contribution >= 0.6 is 0 Å². The van der Waals surface area contributed by atoms with Crippen molar-refractivity contribution >= 4 is 17.3 Å². The van der Waals surface area contributed by atoms with Crippen LogP contribution in [0, 0.1) is 10.1 Å². The Hall–Kier alpha value is -2.15. The second-order valence-corrected chi connectivity index (χ2v) is 3.85. The maximum atomic E-state index is 10.9. The number of nitrogens with zero attached hydrogens (tertiary/aromatic N) is 1. The van der Waals surface area contributed by atoms with Gasteiger partial charge in [-0.05, 0) is 25.5 Å². The van der Waals surface area contributed by atoms with Gasteiger partial charge in [0.1, 0.15) is 5.56 Å². The van der Waals surface area contributed by atoms with Crippen LogP contribution in [0.3, 0.4) is 0 Å². The lowest BCUT2D eigenvalue weighted by Gasteiger charge is -2.14. The number of anilines is 1. The number of hydrogen-bond donors (Lipinski definition) is 3. The highest BCUT2D eigenvalue weighted by Gasteiger charge is 2.20. The summed E-state index contributed by atoms with van der Waals surface area (Å²) < 4.78 is 0. The molecule has 98 valence electrons. The molecule has 0 saturated heterocycles. The topological polar surface area (TPSA) is 113 Å². The molecule has 0 bridgehead atoms. The number of nitro groups is 1. The number of rotatable bonds is 6. The Labute approximate surface area is 103 Å². The minimum Gasteiger partial charge on any atom is -0.477 e. The van der Waals surface area contributed by atoms with E-state index in [0.717, 1.165) is 6.07 Å². The zero-order chi connectivity index (χ0) is 13.7. The van der Waals surface area contributed by atoms with Gasteiger partial charge < -0.3 is 15.5 Å². The van der Waals surface area contributed by atoms with Gasteiger partial charge in [0.05, 0.1) is 4.92 Å². The van der Waals surface area contributed by atoms with Gasteiger partial charge in [-0.15, -0.1) is 0 Å². The molecule has 0 aliphatic rings. The van der Waals surface area contributed by atoms with E-state index in [1.54, 1.807) is 0 Å². The number of aliphatic hydroxyl groups excluding tert-OH is 1. The van der Waals surface area contributed by atoms with Crippen LogP contribution in [-0.4, -0.2) is 33.8 Å². The van der Waals surface area contributed by atoms with Crippen LogP contribution in [0.2, 0.25) is 0 Å². The molecule has 1 aromatic carbocycles. The minimum absolute atomic E-state index is 0.00688. The number of carbonyl (C=O) groups is 1. The smallest absolute Gasteiger partial charge is 0.342 e. The molecule has 7 heteroatoms. The predicted molar refractivity (Wildman–Crippen MR) is 64.8 cm³/mol. The first-order chi connectivity index (χ1) is 8.45. The molecule has 0 spiro atoms. The standard InChI is InChI=1S/C11H14N2O5/c1-7(4-5-14)12-8-2-3-10(13(17)18)9(6-8)11(15)16/h2-3,6-7,12,14H,4-5H2,1H3,(H,15,16). The van der Waals surface area contributed by atoms with Gasteiger partial charge >= 0.3 is 5.97 Å². The van der Waals surface area contributed by atoms with Crippen molar-refractivity contribution in [1.29, 1.82) is 0 Å². The highest BCUT2D eigenvalue weighted by Crippen LogP contribution is 2.23. The summed E-state index contributed by atoms with van der Waals surface area (Å²) in [4.78, 5) is 20.8. The summed E-state index contributed by atoms with van der Waals surface area (Å²) in [5.74, 6) is -1.35. The number of carboxylic acids is 1. The fourth-order valence-corrected chi connectivity index (χ4v) is 1.51. The molecule has 3 N–H and O–H groups in total. The van der Waals surface area contributed by atoms with E-state index in [1.165, 1.54) is 12.1 Å². The highest BCUT2D eigenvalue weighted by atomic mass is 16.6. The van der Waals surface area contributed by atoms with Gasteiger partial charge in [-0.3, -0.25) is 10.1 Å². The molecule has 7 nitrogen and oxygen atoms in total. The molecule has 0 amide bonds. The summed E-state index contributed by atoms with van der Waals surface area (Å²) in [5.41, 5.74) is -0.331. The number of nitrogens with one attached hydrogen (secondary N) is 1. The van der Waals surface area contributed by atoms with E-state index < -0.39 is 16.6 Å². The Bertz CT molecular complexity index is 461. The number of hydrogen-bond acceptors (Lipinski definition) is 5. The van der Waals surface area contributed by atoms with Gasteiger partial charge in [0.2, 0.25) is 0 Å². The van der Waals surface area contributed by atoms with Crippen LogP contribution in [-0.2, 0) is 0 Å². The average molecular weight is 254 g/mol. The third-order valence-electron chi connectivity index (χ3n) is 2.40. The Kier molecular flexibility index (Phi) is 4.61. The molecule has 0 aliphatic heterocycles. The molecule has 18 heavy (non-hydrogen) atoms. The molecule has 1 unspecified atom stereocenters. The van der Waals surface area contributed by atoms with Crippen LogP contribution in [0.25, 0.3) is 0 Å². The summed E-state index contributed by atoms with van der Waals surface area (Å²) in [7, 11) is 0. The first-order valence-electron chi connectivity index (χ1n) is 5.35. The Morgan fingerprint density at radius 1 is 1.56 bits per heavy atom. The van der Waals surface area contributed by atoms with Crippen molar-refractivity contribution in [2.75, 3.05) is 11.9 Å².